The Morgan fingerprint density at radius 1 is 1.38 bits per heavy atom. The van der Waals surface area contributed by atoms with Gasteiger partial charge in [0, 0.05) is 17.1 Å². The Bertz CT molecular complexity index is 657. The highest BCUT2D eigenvalue weighted by molar-refractivity contribution is 7.16. The number of fused-ring (bicyclic) bond motifs is 1. The van der Waals surface area contributed by atoms with E-state index in [1.54, 1.807) is 11.3 Å². The molecule has 3 rings (SSSR count). The van der Waals surface area contributed by atoms with E-state index in [9.17, 15) is 4.79 Å². The predicted octanol–water partition coefficient (Wildman–Crippen LogP) is 3.62. The number of carbonyl (C=O) groups excluding carboxylic acids is 1. The molecule has 0 spiro atoms. The summed E-state index contributed by atoms with van der Waals surface area (Å²) >= 11 is 1.60. The Morgan fingerprint density at radius 2 is 2.24 bits per heavy atom. The van der Waals surface area contributed by atoms with Gasteiger partial charge in [0.05, 0.1) is 11.3 Å². The van der Waals surface area contributed by atoms with E-state index < -0.39 is 0 Å². The highest BCUT2D eigenvalue weighted by Gasteiger charge is 2.19. The van der Waals surface area contributed by atoms with E-state index in [0.29, 0.717) is 10.7 Å². The van der Waals surface area contributed by atoms with Crippen molar-refractivity contribution < 1.29 is 4.79 Å². The van der Waals surface area contributed by atoms with Gasteiger partial charge in [-0.15, -0.1) is 11.3 Å². The van der Waals surface area contributed by atoms with Gasteiger partial charge in [-0.3, -0.25) is 10.1 Å². The summed E-state index contributed by atoms with van der Waals surface area (Å²) in [5, 5.41) is 6.89. The number of rotatable bonds is 4. The van der Waals surface area contributed by atoms with Gasteiger partial charge in [-0.25, -0.2) is 4.98 Å². The lowest BCUT2D eigenvalue weighted by atomic mass is 10.1. The minimum atomic E-state index is -0.0987. The maximum Gasteiger partial charge on any atom is 0.259 e. The van der Waals surface area contributed by atoms with Gasteiger partial charge in [0.25, 0.3) is 5.91 Å². The molecule has 21 heavy (non-hydrogen) atoms. The van der Waals surface area contributed by atoms with Gasteiger partial charge in [-0.05, 0) is 50.8 Å². The van der Waals surface area contributed by atoms with Crippen molar-refractivity contribution in [3.8, 4) is 0 Å². The fraction of sp³-hybridized carbons (Fsp3) is 0.375. The summed E-state index contributed by atoms with van der Waals surface area (Å²) in [4.78, 5) is 18.3. The molecule has 1 amide bonds. The van der Waals surface area contributed by atoms with Crippen LogP contribution < -0.4 is 10.6 Å². The summed E-state index contributed by atoms with van der Waals surface area (Å²) in [6.07, 6.45) is 3.32. The molecule has 1 aliphatic rings. The quantitative estimate of drug-likeness (QED) is 0.907. The zero-order valence-electron chi connectivity index (χ0n) is 12.3. The van der Waals surface area contributed by atoms with Crippen LogP contribution in [0.25, 0.3) is 0 Å². The molecule has 0 saturated carbocycles. The summed E-state index contributed by atoms with van der Waals surface area (Å²) in [7, 11) is 0. The molecule has 0 unspecified atom stereocenters. The number of hydrogen-bond donors (Lipinski definition) is 2. The normalized spacial score (nSPS) is 13.0. The zero-order valence-corrected chi connectivity index (χ0v) is 13.1. The molecule has 5 heteroatoms. The van der Waals surface area contributed by atoms with Crippen LogP contribution in [-0.4, -0.2) is 17.4 Å². The first-order chi connectivity index (χ1) is 10.2. The van der Waals surface area contributed by atoms with Gasteiger partial charge in [0.2, 0.25) is 0 Å². The van der Waals surface area contributed by atoms with E-state index in [0.717, 1.165) is 36.3 Å². The van der Waals surface area contributed by atoms with E-state index >= 15 is 0 Å². The van der Waals surface area contributed by atoms with Gasteiger partial charge < -0.3 is 5.32 Å². The zero-order chi connectivity index (χ0) is 14.8. The second-order valence-corrected chi connectivity index (χ2v) is 6.36. The van der Waals surface area contributed by atoms with E-state index in [4.69, 9.17) is 0 Å². The minimum absolute atomic E-state index is 0.0987. The van der Waals surface area contributed by atoms with Gasteiger partial charge >= 0.3 is 0 Å². The van der Waals surface area contributed by atoms with Crippen molar-refractivity contribution in [1.82, 2.24) is 4.98 Å². The summed E-state index contributed by atoms with van der Waals surface area (Å²) < 4.78 is 0. The molecule has 0 bridgehead atoms. The second kappa shape index (κ2) is 5.85. The lowest BCUT2D eigenvalue weighted by Crippen LogP contribution is -2.15. The number of aryl methyl sites for hydroxylation is 3. The molecule has 0 radical (unpaired) electrons. The number of hydrogen-bond acceptors (Lipinski definition) is 4. The molecule has 0 saturated heterocycles. The Kier molecular flexibility index (Phi) is 3.92. The van der Waals surface area contributed by atoms with E-state index in [-0.39, 0.29) is 5.91 Å². The number of aromatic nitrogens is 1. The SMILES string of the molecule is CCNc1cc(C)ccc1C(=O)Nc1nc2c(s1)CCC2. The van der Waals surface area contributed by atoms with Crippen LogP contribution in [0, 0.1) is 6.92 Å². The average molecular weight is 301 g/mol. The van der Waals surface area contributed by atoms with Gasteiger partial charge in [0.15, 0.2) is 5.13 Å². The van der Waals surface area contributed by atoms with E-state index in [1.165, 1.54) is 11.3 Å². The topological polar surface area (TPSA) is 54.0 Å². The molecule has 4 nitrogen and oxygen atoms in total. The Balaban J connectivity index is 1.81. The maximum absolute atomic E-state index is 12.5. The van der Waals surface area contributed by atoms with Crippen molar-refractivity contribution in [3.63, 3.8) is 0 Å². The average Bonchev–Trinajstić information content (AvgIpc) is 3.00. The van der Waals surface area contributed by atoms with Gasteiger partial charge in [0.1, 0.15) is 0 Å². The molecule has 2 N–H and O–H groups in total. The summed E-state index contributed by atoms with van der Waals surface area (Å²) in [6.45, 7) is 4.83. The Morgan fingerprint density at radius 3 is 3.00 bits per heavy atom. The number of thiazole rings is 1. The van der Waals surface area contributed by atoms with Crippen molar-refractivity contribution in [3.05, 3.63) is 39.9 Å². The van der Waals surface area contributed by atoms with Crippen molar-refractivity contribution in [1.29, 1.82) is 0 Å². The third kappa shape index (κ3) is 2.93. The van der Waals surface area contributed by atoms with Crippen LogP contribution in [0.4, 0.5) is 10.8 Å². The molecule has 1 aromatic carbocycles. The number of nitrogens with one attached hydrogen (secondary N) is 2. The molecule has 110 valence electrons. The Labute approximate surface area is 128 Å². The third-order valence-electron chi connectivity index (χ3n) is 3.60. The van der Waals surface area contributed by atoms with Crippen molar-refractivity contribution in [2.75, 3.05) is 17.2 Å². The number of nitrogens with zero attached hydrogens (tertiary/aromatic N) is 1. The molecule has 1 aliphatic carbocycles. The lowest BCUT2D eigenvalue weighted by Gasteiger charge is -2.11. The number of carbonyl (C=O) groups is 1. The molecule has 0 fully saturated rings. The summed E-state index contributed by atoms with van der Waals surface area (Å²) in [5.74, 6) is -0.0987. The van der Waals surface area contributed by atoms with Crippen LogP contribution in [0.5, 0.6) is 0 Å². The number of anilines is 2. The molecule has 1 aromatic heterocycles. The maximum atomic E-state index is 12.5. The monoisotopic (exact) mass is 301 g/mol. The number of amides is 1. The first-order valence-electron chi connectivity index (χ1n) is 7.32. The molecular formula is C16H19N3OS. The smallest absolute Gasteiger partial charge is 0.259 e. The molecule has 0 aliphatic heterocycles. The van der Waals surface area contributed by atoms with Crippen LogP contribution >= 0.6 is 11.3 Å². The number of benzene rings is 1. The van der Waals surface area contributed by atoms with Crippen molar-refractivity contribution in [2.45, 2.75) is 33.1 Å². The first-order valence-corrected chi connectivity index (χ1v) is 8.13. The second-order valence-electron chi connectivity index (χ2n) is 5.28. The molecule has 2 aromatic rings. The van der Waals surface area contributed by atoms with Gasteiger partial charge in [-0.1, -0.05) is 6.07 Å². The largest absolute Gasteiger partial charge is 0.385 e. The Hall–Kier alpha value is -1.88. The van der Waals surface area contributed by atoms with Crippen molar-refractivity contribution >= 4 is 28.1 Å². The third-order valence-corrected chi connectivity index (χ3v) is 4.68. The fourth-order valence-corrected chi connectivity index (χ4v) is 3.65. The highest BCUT2D eigenvalue weighted by Crippen LogP contribution is 2.31. The molecular weight excluding hydrogens is 282 g/mol. The minimum Gasteiger partial charge on any atom is -0.385 e. The van der Waals surface area contributed by atoms with Crippen LogP contribution in [0.3, 0.4) is 0 Å². The molecule has 0 atom stereocenters. The fourth-order valence-electron chi connectivity index (χ4n) is 2.60. The molecule has 1 heterocycles. The summed E-state index contributed by atoms with van der Waals surface area (Å²) in [6, 6.07) is 5.82. The summed E-state index contributed by atoms with van der Waals surface area (Å²) in [5.41, 5.74) is 3.83. The van der Waals surface area contributed by atoms with Crippen LogP contribution in [-0.2, 0) is 12.8 Å². The standard InChI is InChI=1S/C16H19N3OS/c1-3-17-13-9-10(2)7-8-11(13)15(20)19-16-18-12-5-4-6-14(12)21-16/h7-9,17H,3-6H2,1-2H3,(H,18,19,20). The highest BCUT2D eigenvalue weighted by atomic mass is 32.1. The van der Waals surface area contributed by atoms with Crippen LogP contribution in [0.2, 0.25) is 0 Å². The van der Waals surface area contributed by atoms with Gasteiger partial charge in [-0.2, -0.15) is 0 Å². The van der Waals surface area contributed by atoms with Crippen LogP contribution in [0.15, 0.2) is 18.2 Å². The predicted molar refractivity (Wildman–Crippen MR) is 87.4 cm³/mol. The van der Waals surface area contributed by atoms with Crippen molar-refractivity contribution in [2.24, 2.45) is 0 Å². The lowest BCUT2D eigenvalue weighted by molar-refractivity contribution is 0.102. The first kappa shape index (κ1) is 14.1. The van der Waals surface area contributed by atoms with Crippen LogP contribution in [0.1, 0.15) is 39.8 Å². The van der Waals surface area contributed by atoms with E-state index in [2.05, 4.69) is 15.6 Å². The van der Waals surface area contributed by atoms with E-state index in [1.807, 2.05) is 32.0 Å².